The van der Waals surface area contributed by atoms with Crippen LogP contribution in [0.1, 0.15) is 23.6 Å². The number of amidine groups is 1. The number of fused-ring (bicyclic) bond motifs is 5. The molecule has 0 spiro atoms. The Balaban J connectivity index is 0.000000902. The van der Waals surface area contributed by atoms with Crippen LogP contribution in [-0.4, -0.2) is 28.4 Å². The first-order valence-electron chi connectivity index (χ1n) is 5.98. The topological polar surface area (TPSA) is 15.6 Å². The molecule has 0 radical (unpaired) electrons. The lowest BCUT2D eigenvalue weighted by atomic mass is 9.84. The molecule has 2 atom stereocenters. The summed E-state index contributed by atoms with van der Waals surface area (Å²) in [5.74, 6) is 1.21. The second kappa shape index (κ2) is 4.21. The van der Waals surface area contributed by atoms with Gasteiger partial charge in [0.25, 0.3) is 0 Å². The second-order valence-electron chi connectivity index (χ2n) is 4.70. The van der Waals surface area contributed by atoms with Crippen molar-refractivity contribution in [2.75, 3.05) is 12.3 Å². The average Bonchev–Trinajstić information content (AvgIpc) is 2.88. The molecular formula is C13H15ClN2S. The minimum atomic E-state index is 0. The average molecular weight is 267 g/mol. The minimum absolute atomic E-state index is 0. The van der Waals surface area contributed by atoms with Crippen molar-refractivity contribution in [3.05, 3.63) is 35.4 Å². The molecular weight excluding hydrogens is 252 g/mol. The summed E-state index contributed by atoms with van der Waals surface area (Å²) in [5, 5.41) is 1.30. The highest BCUT2D eigenvalue weighted by Gasteiger charge is 2.42. The number of benzene rings is 1. The molecule has 17 heavy (non-hydrogen) atoms. The normalized spacial score (nSPS) is 28.9. The summed E-state index contributed by atoms with van der Waals surface area (Å²) in [6.07, 6.45) is 2.43. The summed E-state index contributed by atoms with van der Waals surface area (Å²) in [6.45, 7) is 1.18. The standard InChI is InChI=1S/C13H14N2S.ClH/c1-2-4-10-9(3-1)5-6-11-12(10)15-7-8-16-13(15)14-11;/h1-4,11-12H,5-8H2;1H/t11-,12-;/m1./s1. The van der Waals surface area contributed by atoms with Gasteiger partial charge in [-0.25, -0.2) is 0 Å². The Morgan fingerprint density at radius 2 is 2.18 bits per heavy atom. The first-order valence-corrected chi connectivity index (χ1v) is 6.97. The van der Waals surface area contributed by atoms with E-state index >= 15 is 0 Å². The lowest BCUT2D eigenvalue weighted by Crippen LogP contribution is -2.33. The molecule has 1 fully saturated rings. The van der Waals surface area contributed by atoms with Crippen LogP contribution in [0.2, 0.25) is 0 Å². The first kappa shape index (κ1) is 11.4. The van der Waals surface area contributed by atoms with Crippen molar-refractivity contribution in [1.29, 1.82) is 0 Å². The summed E-state index contributed by atoms with van der Waals surface area (Å²) in [4.78, 5) is 7.40. The maximum absolute atomic E-state index is 4.88. The maximum atomic E-state index is 4.88. The molecule has 1 aromatic rings. The fourth-order valence-electron chi connectivity index (χ4n) is 3.15. The Kier molecular flexibility index (Phi) is 2.83. The molecule has 1 saturated heterocycles. The molecule has 2 heterocycles. The number of rotatable bonds is 0. The maximum Gasteiger partial charge on any atom is 0.160 e. The van der Waals surface area contributed by atoms with Gasteiger partial charge >= 0.3 is 0 Å². The number of aryl methyl sites for hydroxylation is 1. The monoisotopic (exact) mass is 266 g/mol. The number of thioether (sulfide) groups is 1. The van der Waals surface area contributed by atoms with Crippen LogP contribution in [0.5, 0.6) is 0 Å². The fraction of sp³-hybridized carbons (Fsp3) is 0.462. The largest absolute Gasteiger partial charge is 0.341 e. The minimum Gasteiger partial charge on any atom is -0.341 e. The van der Waals surface area contributed by atoms with Crippen LogP contribution in [0, 0.1) is 0 Å². The van der Waals surface area contributed by atoms with E-state index in [1.165, 1.54) is 41.4 Å². The van der Waals surface area contributed by atoms with Crippen molar-refractivity contribution in [3.8, 4) is 0 Å². The predicted octanol–water partition coefficient (Wildman–Crippen LogP) is 2.88. The van der Waals surface area contributed by atoms with Crippen LogP contribution < -0.4 is 0 Å². The van der Waals surface area contributed by atoms with Crippen LogP contribution in [0.15, 0.2) is 29.3 Å². The molecule has 2 nitrogen and oxygen atoms in total. The van der Waals surface area contributed by atoms with Crippen LogP contribution in [0.3, 0.4) is 0 Å². The van der Waals surface area contributed by atoms with E-state index in [0.29, 0.717) is 12.1 Å². The van der Waals surface area contributed by atoms with Gasteiger partial charge in [-0.1, -0.05) is 36.0 Å². The number of hydrogen-bond acceptors (Lipinski definition) is 3. The van der Waals surface area contributed by atoms with Crippen molar-refractivity contribution in [2.45, 2.75) is 24.9 Å². The molecule has 3 aliphatic rings. The molecule has 1 aromatic carbocycles. The molecule has 0 saturated carbocycles. The van der Waals surface area contributed by atoms with E-state index in [4.69, 9.17) is 4.99 Å². The highest BCUT2D eigenvalue weighted by atomic mass is 35.5. The molecule has 0 unspecified atom stereocenters. The quantitative estimate of drug-likeness (QED) is 0.718. The first-order chi connectivity index (χ1) is 7.93. The van der Waals surface area contributed by atoms with E-state index in [2.05, 4.69) is 29.2 Å². The van der Waals surface area contributed by atoms with Crippen LogP contribution >= 0.6 is 24.2 Å². The van der Waals surface area contributed by atoms with Gasteiger partial charge in [0.1, 0.15) is 0 Å². The van der Waals surface area contributed by atoms with Gasteiger partial charge in [-0.05, 0) is 24.0 Å². The van der Waals surface area contributed by atoms with Gasteiger partial charge in [0.2, 0.25) is 0 Å². The van der Waals surface area contributed by atoms with E-state index in [1.807, 2.05) is 11.8 Å². The lowest BCUT2D eigenvalue weighted by molar-refractivity contribution is 0.309. The van der Waals surface area contributed by atoms with Crippen LogP contribution in [0.25, 0.3) is 0 Å². The van der Waals surface area contributed by atoms with Crippen molar-refractivity contribution in [1.82, 2.24) is 4.90 Å². The van der Waals surface area contributed by atoms with Crippen molar-refractivity contribution in [3.63, 3.8) is 0 Å². The summed E-state index contributed by atoms with van der Waals surface area (Å²) < 4.78 is 0. The second-order valence-corrected chi connectivity index (χ2v) is 5.77. The number of halogens is 1. The van der Waals surface area contributed by atoms with Crippen LogP contribution in [0.4, 0.5) is 0 Å². The van der Waals surface area contributed by atoms with Gasteiger partial charge in [0.15, 0.2) is 5.17 Å². The van der Waals surface area contributed by atoms with Crippen molar-refractivity contribution in [2.24, 2.45) is 4.99 Å². The molecule has 0 bridgehead atoms. The Bertz CT molecular complexity index is 474. The van der Waals surface area contributed by atoms with Gasteiger partial charge in [0.05, 0.1) is 12.1 Å². The highest BCUT2D eigenvalue weighted by Crippen LogP contribution is 2.44. The van der Waals surface area contributed by atoms with Crippen LogP contribution in [-0.2, 0) is 6.42 Å². The zero-order valence-corrected chi connectivity index (χ0v) is 11.1. The van der Waals surface area contributed by atoms with Gasteiger partial charge < -0.3 is 4.90 Å². The molecule has 2 aliphatic heterocycles. The molecule has 0 amide bonds. The van der Waals surface area contributed by atoms with E-state index in [1.54, 1.807) is 0 Å². The van der Waals surface area contributed by atoms with E-state index < -0.39 is 0 Å². The molecule has 4 rings (SSSR count). The Hall–Kier alpha value is -0.670. The van der Waals surface area contributed by atoms with E-state index in [-0.39, 0.29) is 12.4 Å². The van der Waals surface area contributed by atoms with Gasteiger partial charge in [-0.15, -0.1) is 12.4 Å². The lowest BCUT2D eigenvalue weighted by Gasteiger charge is -2.32. The Labute approximate surface area is 112 Å². The van der Waals surface area contributed by atoms with E-state index in [9.17, 15) is 0 Å². The number of hydrogen-bond donors (Lipinski definition) is 0. The third-order valence-electron chi connectivity index (χ3n) is 3.87. The predicted molar refractivity (Wildman–Crippen MR) is 75.1 cm³/mol. The van der Waals surface area contributed by atoms with E-state index in [0.717, 1.165) is 0 Å². The number of nitrogens with zero attached hydrogens (tertiary/aromatic N) is 2. The molecule has 0 aromatic heterocycles. The third-order valence-corrected chi connectivity index (χ3v) is 4.85. The SMILES string of the molecule is Cl.c1ccc2c(c1)CC[C@H]1N=C3SCCN3[C@H]21. The number of aliphatic imine (C=N–C) groups is 1. The molecule has 1 aliphatic carbocycles. The van der Waals surface area contributed by atoms with Gasteiger partial charge in [0, 0.05) is 12.3 Å². The highest BCUT2D eigenvalue weighted by molar-refractivity contribution is 8.14. The third kappa shape index (κ3) is 1.59. The van der Waals surface area contributed by atoms with Crippen molar-refractivity contribution < 1.29 is 0 Å². The van der Waals surface area contributed by atoms with Gasteiger partial charge in [-0.2, -0.15) is 0 Å². The molecule has 90 valence electrons. The van der Waals surface area contributed by atoms with Crippen molar-refractivity contribution >= 4 is 29.3 Å². The van der Waals surface area contributed by atoms with Gasteiger partial charge in [-0.3, -0.25) is 4.99 Å². The zero-order chi connectivity index (χ0) is 10.5. The Morgan fingerprint density at radius 3 is 3.12 bits per heavy atom. The Morgan fingerprint density at radius 1 is 1.29 bits per heavy atom. The summed E-state index contributed by atoms with van der Waals surface area (Å²) in [6, 6.07) is 9.99. The molecule has 0 N–H and O–H groups in total. The summed E-state index contributed by atoms with van der Waals surface area (Å²) in [7, 11) is 0. The fourth-order valence-corrected chi connectivity index (χ4v) is 4.21. The summed E-state index contributed by atoms with van der Waals surface area (Å²) in [5.41, 5.74) is 3.07. The summed E-state index contributed by atoms with van der Waals surface area (Å²) >= 11 is 1.93. The zero-order valence-electron chi connectivity index (χ0n) is 9.50. The molecule has 4 heteroatoms. The smallest absolute Gasteiger partial charge is 0.160 e.